The second-order valence-electron chi connectivity index (χ2n) is 4.45. The van der Waals surface area contributed by atoms with Crippen LogP contribution >= 0.6 is 15.9 Å². The van der Waals surface area contributed by atoms with Gasteiger partial charge in [-0.1, -0.05) is 15.9 Å². The Bertz CT molecular complexity index is 654. The molecule has 1 aromatic rings. The van der Waals surface area contributed by atoms with Gasteiger partial charge in [0.25, 0.3) is 11.8 Å². The van der Waals surface area contributed by atoms with Crippen molar-refractivity contribution in [3.8, 4) is 0 Å². The molecule has 0 saturated carbocycles. The normalized spacial score (nSPS) is 14.4. The molecule has 7 heteroatoms. The molecule has 0 radical (unpaired) electrons. The molecule has 0 saturated heterocycles. The Kier molecular flexibility index (Phi) is 4.54. The first-order chi connectivity index (χ1) is 9.93. The summed E-state index contributed by atoms with van der Waals surface area (Å²) in [6, 6.07) is 5.01. The van der Waals surface area contributed by atoms with Crippen molar-refractivity contribution in [1.82, 2.24) is 4.90 Å². The fourth-order valence-corrected chi connectivity index (χ4v) is 2.33. The Morgan fingerprint density at radius 3 is 2.71 bits per heavy atom. The van der Waals surface area contributed by atoms with Crippen molar-refractivity contribution in [2.24, 2.45) is 0 Å². The van der Waals surface area contributed by atoms with E-state index < -0.39 is 11.8 Å². The number of aliphatic hydroxyl groups is 1. The molecule has 1 aliphatic rings. The Balaban J connectivity index is 2.28. The smallest absolute Gasteiger partial charge is 0.277 e. The van der Waals surface area contributed by atoms with Crippen LogP contribution in [0.25, 0.3) is 0 Å². The Hall–Kier alpha value is -1.99. The van der Waals surface area contributed by atoms with Gasteiger partial charge in [0.15, 0.2) is 5.78 Å². The lowest BCUT2D eigenvalue weighted by Gasteiger charge is -2.14. The zero-order chi connectivity index (χ0) is 15.6. The minimum absolute atomic E-state index is 0.0563. The number of β-amino-alcohol motifs (C(OH)–C–C–N with tert-alkyl or cyclic N) is 1. The molecule has 0 spiro atoms. The van der Waals surface area contributed by atoms with Gasteiger partial charge in [0, 0.05) is 21.8 Å². The van der Waals surface area contributed by atoms with E-state index in [9.17, 15) is 14.4 Å². The van der Waals surface area contributed by atoms with Crippen LogP contribution in [-0.4, -0.2) is 40.8 Å². The number of Topliss-reactive ketones (excluding diaryl/α,β-unsaturated/α-hetero) is 1. The zero-order valence-electron chi connectivity index (χ0n) is 11.2. The summed E-state index contributed by atoms with van der Waals surface area (Å²) in [5.74, 6) is -1.17. The summed E-state index contributed by atoms with van der Waals surface area (Å²) in [5.41, 5.74) is 0.938. The highest BCUT2D eigenvalue weighted by Gasteiger charge is 2.31. The lowest BCUT2D eigenvalue weighted by molar-refractivity contribution is -0.137. The predicted molar refractivity (Wildman–Crippen MR) is 79.7 cm³/mol. The maximum atomic E-state index is 12.0. The van der Waals surface area contributed by atoms with Gasteiger partial charge in [-0.2, -0.15) is 0 Å². The van der Waals surface area contributed by atoms with Crippen molar-refractivity contribution >= 4 is 39.2 Å². The van der Waals surface area contributed by atoms with Gasteiger partial charge in [0.05, 0.1) is 13.2 Å². The number of amides is 2. The van der Waals surface area contributed by atoms with Gasteiger partial charge in [0.1, 0.15) is 5.70 Å². The highest BCUT2D eigenvalue weighted by Crippen LogP contribution is 2.24. The van der Waals surface area contributed by atoms with E-state index in [-0.39, 0.29) is 24.6 Å². The molecule has 0 aromatic heterocycles. The maximum Gasteiger partial charge on any atom is 0.277 e. The van der Waals surface area contributed by atoms with Gasteiger partial charge in [0.2, 0.25) is 0 Å². The molecular formula is C14H13BrN2O4. The van der Waals surface area contributed by atoms with E-state index in [0.717, 1.165) is 15.4 Å². The first kappa shape index (κ1) is 15.4. The molecule has 0 unspecified atom stereocenters. The third-order valence-electron chi connectivity index (χ3n) is 2.96. The van der Waals surface area contributed by atoms with Crippen LogP contribution < -0.4 is 5.32 Å². The number of carbonyl (C=O) groups excluding carboxylic acids is 3. The number of carbonyl (C=O) groups is 3. The number of imide groups is 1. The van der Waals surface area contributed by atoms with E-state index in [4.69, 9.17) is 5.11 Å². The summed E-state index contributed by atoms with van der Waals surface area (Å²) in [6.45, 7) is 1.07. The molecule has 0 fully saturated rings. The number of aliphatic hydroxyl groups excluding tert-OH is 1. The standard InChI is InChI=1S/C14H13BrN2O4/c1-8(19)10-6-9(15)2-3-11(10)16-12-7-13(20)17(4-5-18)14(12)21/h2-3,6-7,16,18H,4-5H2,1H3. The molecule has 1 aliphatic heterocycles. The number of anilines is 1. The average Bonchev–Trinajstić information content (AvgIpc) is 2.68. The highest BCUT2D eigenvalue weighted by atomic mass is 79.9. The van der Waals surface area contributed by atoms with Crippen molar-refractivity contribution < 1.29 is 19.5 Å². The summed E-state index contributed by atoms with van der Waals surface area (Å²) in [4.78, 5) is 36.2. The SMILES string of the molecule is CC(=O)c1cc(Br)ccc1NC1=CC(=O)N(CCO)C1=O. The number of benzene rings is 1. The third kappa shape index (κ3) is 3.20. The molecule has 21 heavy (non-hydrogen) atoms. The minimum Gasteiger partial charge on any atom is -0.395 e. The first-order valence-electron chi connectivity index (χ1n) is 6.20. The number of hydrogen-bond donors (Lipinski definition) is 2. The van der Waals surface area contributed by atoms with Crippen molar-refractivity contribution in [3.05, 3.63) is 40.0 Å². The topological polar surface area (TPSA) is 86.7 Å². The summed E-state index contributed by atoms with van der Waals surface area (Å²) < 4.78 is 0.739. The van der Waals surface area contributed by atoms with Crippen LogP contribution in [-0.2, 0) is 9.59 Å². The number of ketones is 1. The fraction of sp³-hybridized carbons (Fsp3) is 0.214. The number of nitrogens with one attached hydrogen (secondary N) is 1. The van der Waals surface area contributed by atoms with E-state index in [0.29, 0.717) is 11.3 Å². The Morgan fingerprint density at radius 2 is 2.10 bits per heavy atom. The molecule has 2 amide bonds. The van der Waals surface area contributed by atoms with Crippen molar-refractivity contribution in [2.45, 2.75) is 6.92 Å². The quantitative estimate of drug-likeness (QED) is 0.616. The van der Waals surface area contributed by atoms with E-state index in [1.54, 1.807) is 18.2 Å². The van der Waals surface area contributed by atoms with E-state index >= 15 is 0 Å². The van der Waals surface area contributed by atoms with Crippen LogP contribution in [0.2, 0.25) is 0 Å². The fourth-order valence-electron chi connectivity index (χ4n) is 1.97. The number of halogens is 1. The van der Waals surface area contributed by atoms with Crippen LogP contribution in [0.15, 0.2) is 34.4 Å². The summed E-state index contributed by atoms with van der Waals surface area (Å²) in [7, 11) is 0. The molecular weight excluding hydrogens is 340 g/mol. The van der Waals surface area contributed by atoms with Gasteiger partial charge in [-0.15, -0.1) is 0 Å². The summed E-state index contributed by atoms with van der Waals surface area (Å²) >= 11 is 3.28. The van der Waals surface area contributed by atoms with Crippen LogP contribution in [0.4, 0.5) is 5.69 Å². The minimum atomic E-state index is -0.522. The monoisotopic (exact) mass is 352 g/mol. The summed E-state index contributed by atoms with van der Waals surface area (Å²) in [5, 5.41) is 11.7. The van der Waals surface area contributed by atoms with E-state index in [2.05, 4.69) is 21.2 Å². The van der Waals surface area contributed by atoms with Crippen molar-refractivity contribution in [2.75, 3.05) is 18.5 Å². The second-order valence-corrected chi connectivity index (χ2v) is 5.36. The van der Waals surface area contributed by atoms with E-state index in [1.165, 1.54) is 6.92 Å². The molecule has 0 aliphatic carbocycles. The van der Waals surface area contributed by atoms with Gasteiger partial charge >= 0.3 is 0 Å². The van der Waals surface area contributed by atoms with Gasteiger partial charge in [-0.25, -0.2) is 0 Å². The lowest BCUT2D eigenvalue weighted by atomic mass is 10.1. The molecule has 0 atom stereocenters. The van der Waals surface area contributed by atoms with Gasteiger partial charge in [-0.3, -0.25) is 19.3 Å². The lowest BCUT2D eigenvalue weighted by Crippen LogP contribution is -2.34. The van der Waals surface area contributed by atoms with Crippen molar-refractivity contribution in [1.29, 1.82) is 0 Å². The first-order valence-corrected chi connectivity index (χ1v) is 6.99. The molecule has 2 rings (SSSR count). The van der Waals surface area contributed by atoms with Crippen LogP contribution in [0, 0.1) is 0 Å². The summed E-state index contributed by atoms with van der Waals surface area (Å²) in [6.07, 6.45) is 1.16. The number of hydrogen-bond acceptors (Lipinski definition) is 5. The predicted octanol–water partition coefficient (Wildman–Crippen LogP) is 1.31. The van der Waals surface area contributed by atoms with Crippen LogP contribution in [0.1, 0.15) is 17.3 Å². The molecule has 0 bridgehead atoms. The molecule has 6 nitrogen and oxygen atoms in total. The largest absolute Gasteiger partial charge is 0.395 e. The van der Waals surface area contributed by atoms with Crippen LogP contribution in [0.3, 0.4) is 0 Å². The maximum absolute atomic E-state index is 12.0. The molecule has 1 heterocycles. The molecule has 1 aromatic carbocycles. The molecule has 110 valence electrons. The molecule has 2 N–H and O–H groups in total. The van der Waals surface area contributed by atoms with Crippen LogP contribution in [0.5, 0.6) is 0 Å². The highest BCUT2D eigenvalue weighted by molar-refractivity contribution is 9.10. The third-order valence-corrected chi connectivity index (χ3v) is 3.46. The Morgan fingerprint density at radius 1 is 1.38 bits per heavy atom. The average molecular weight is 353 g/mol. The number of rotatable bonds is 5. The number of nitrogens with zero attached hydrogens (tertiary/aromatic N) is 1. The van der Waals surface area contributed by atoms with E-state index in [1.807, 2.05) is 0 Å². The van der Waals surface area contributed by atoms with Gasteiger partial charge in [-0.05, 0) is 25.1 Å². The zero-order valence-corrected chi connectivity index (χ0v) is 12.8. The van der Waals surface area contributed by atoms with Gasteiger partial charge < -0.3 is 10.4 Å². The van der Waals surface area contributed by atoms with Crippen molar-refractivity contribution in [3.63, 3.8) is 0 Å². The Labute approximate surface area is 129 Å². The second kappa shape index (κ2) is 6.19.